The quantitative estimate of drug-likeness (QED) is 0.756. The number of likely N-dealkylation sites (tertiary alicyclic amines) is 1. The van der Waals surface area contributed by atoms with Gasteiger partial charge in [0.1, 0.15) is 23.2 Å². The van der Waals surface area contributed by atoms with Gasteiger partial charge in [-0.15, -0.1) is 0 Å². The standard InChI is InChI=1S/C22H25N5O3/c1-22(2,3)30-21(28)26-13-18-19(14-26)29-9-8-27(18)20-5-4-16(12-25-20)15-6-7-24-17(10-15)11-23/h4-7,10,12,18-19H,8-9,13-14H2,1-3H3/t18-,19+/m0/s1. The van der Waals surface area contributed by atoms with E-state index < -0.39 is 5.60 Å². The second kappa shape index (κ2) is 7.92. The van der Waals surface area contributed by atoms with Gasteiger partial charge in [-0.2, -0.15) is 5.26 Å². The first-order valence-corrected chi connectivity index (χ1v) is 10.0. The van der Waals surface area contributed by atoms with E-state index in [9.17, 15) is 4.79 Å². The van der Waals surface area contributed by atoms with Crippen LogP contribution in [0, 0.1) is 11.3 Å². The van der Waals surface area contributed by atoms with Gasteiger partial charge in [0.25, 0.3) is 0 Å². The van der Waals surface area contributed by atoms with Crippen LogP contribution in [-0.4, -0.2) is 64.9 Å². The number of morpholine rings is 1. The highest BCUT2D eigenvalue weighted by atomic mass is 16.6. The number of pyridine rings is 2. The molecule has 2 aromatic rings. The van der Waals surface area contributed by atoms with Crippen molar-refractivity contribution in [1.82, 2.24) is 14.9 Å². The molecular weight excluding hydrogens is 382 g/mol. The molecule has 8 nitrogen and oxygen atoms in total. The Morgan fingerprint density at radius 3 is 2.77 bits per heavy atom. The van der Waals surface area contributed by atoms with E-state index in [0.717, 1.165) is 16.9 Å². The van der Waals surface area contributed by atoms with Crippen molar-refractivity contribution in [2.24, 2.45) is 0 Å². The maximum Gasteiger partial charge on any atom is 0.410 e. The van der Waals surface area contributed by atoms with Gasteiger partial charge in [0.2, 0.25) is 0 Å². The molecule has 0 radical (unpaired) electrons. The molecule has 0 unspecified atom stereocenters. The largest absolute Gasteiger partial charge is 0.444 e. The number of carbonyl (C=O) groups excluding carboxylic acids is 1. The predicted octanol–water partition coefficient (Wildman–Crippen LogP) is 2.84. The average Bonchev–Trinajstić information content (AvgIpc) is 3.17. The molecule has 2 atom stereocenters. The molecule has 2 aliphatic rings. The Morgan fingerprint density at radius 1 is 1.23 bits per heavy atom. The molecule has 0 aliphatic carbocycles. The zero-order valence-electron chi connectivity index (χ0n) is 17.4. The first-order valence-electron chi connectivity index (χ1n) is 10.0. The zero-order valence-corrected chi connectivity index (χ0v) is 17.4. The van der Waals surface area contributed by atoms with E-state index in [0.29, 0.717) is 31.9 Å². The molecule has 4 rings (SSSR count). The minimum absolute atomic E-state index is 0.0377. The van der Waals surface area contributed by atoms with Gasteiger partial charge in [-0.3, -0.25) is 0 Å². The Kier molecular flexibility index (Phi) is 5.31. The molecule has 0 N–H and O–H groups in total. The Bertz CT molecular complexity index is 964. The summed E-state index contributed by atoms with van der Waals surface area (Å²) in [6, 6.07) is 9.66. The number of hydrogen-bond donors (Lipinski definition) is 0. The summed E-state index contributed by atoms with van der Waals surface area (Å²) in [7, 11) is 0. The van der Waals surface area contributed by atoms with E-state index in [-0.39, 0.29) is 18.2 Å². The Labute approximate surface area is 176 Å². The molecule has 0 saturated carbocycles. The van der Waals surface area contributed by atoms with Crippen molar-refractivity contribution < 1.29 is 14.3 Å². The van der Waals surface area contributed by atoms with Crippen LogP contribution >= 0.6 is 0 Å². The van der Waals surface area contributed by atoms with Crippen LogP contribution in [0.25, 0.3) is 11.1 Å². The number of aromatic nitrogens is 2. The van der Waals surface area contributed by atoms with Crippen LogP contribution in [0.4, 0.5) is 10.6 Å². The zero-order chi connectivity index (χ0) is 21.3. The fourth-order valence-electron chi connectivity index (χ4n) is 3.85. The maximum absolute atomic E-state index is 12.5. The number of amides is 1. The minimum Gasteiger partial charge on any atom is -0.444 e. The monoisotopic (exact) mass is 407 g/mol. The van der Waals surface area contributed by atoms with Crippen LogP contribution in [0.5, 0.6) is 0 Å². The van der Waals surface area contributed by atoms with E-state index in [4.69, 9.17) is 14.7 Å². The van der Waals surface area contributed by atoms with Crippen molar-refractivity contribution in [3.8, 4) is 17.2 Å². The Morgan fingerprint density at radius 2 is 2.07 bits per heavy atom. The molecule has 0 aromatic carbocycles. The molecule has 8 heteroatoms. The second-order valence-electron chi connectivity index (χ2n) is 8.50. The third-order valence-corrected chi connectivity index (χ3v) is 5.20. The molecule has 156 valence electrons. The molecule has 30 heavy (non-hydrogen) atoms. The molecule has 2 fully saturated rings. The van der Waals surface area contributed by atoms with Gasteiger partial charge in [-0.1, -0.05) is 0 Å². The lowest BCUT2D eigenvalue weighted by Crippen LogP contribution is -2.51. The summed E-state index contributed by atoms with van der Waals surface area (Å²) in [6.07, 6.45) is 3.05. The van der Waals surface area contributed by atoms with Gasteiger partial charge in [-0.25, -0.2) is 14.8 Å². The molecule has 2 saturated heterocycles. The lowest BCUT2D eigenvalue weighted by Gasteiger charge is -2.37. The molecule has 0 spiro atoms. The maximum atomic E-state index is 12.5. The lowest BCUT2D eigenvalue weighted by atomic mass is 10.1. The number of ether oxygens (including phenoxy) is 2. The molecule has 4 heterocycles. The summed E-state index contributed by atoms with van der Waals surface area (Å²) in [5.74, 6) is 0.845. The van der Waals surface area contributed by atoms with Gasteiger partial charge in [0, 0.05) is 31.0 Å². The van der Waals surface area contributed by atoms with Gasteiger partial charge in [0.15, 0.2) is 0 Å². The van der Waals surface area contributed by atoms with Crippen molar-refractivity contribution in [3.63, 3.8) is 0 Å². The average molecular weight is 407 g/mol. The third kappa shape index (κ3) is 4.21. The Balaban J connectivity index is 1.50. The smallest absolute Gasteiger partial charge is 0.410 e. The van der Waals surface area contributed by atoms with Crippen LogP contribution in [0.2, 0.25) is 0 Å². The topological polar surface area (TPSA) is 91.6 Å². The summed E-state index contributed by atoms with van der Waals surface area (Å²) < 4.78 is 11.4. The fraction of sp³-hybridized carbons (Fsp3) is 0.455. The van der Waals surface area contributed by atoms with E-state index in [1.54, 1.807) is 23.4 Å². The van der Waals surface area contributed by atoms with Crippen LogP contribution in [-0.2, 0) is 9.47 Å². The molecular formula is C22H25N5O3. The van der Waals surface area contributed by atoms with E-state index in [2.05, 4.69) is 20.9 Å². The van der Waals surface area contributed by atoms with Crippen LogP contribution in [0.3, 0.4) is 0 Å². The van der Waals surface area contributed by atoms with Gasteiger partial charge in [0.05, 0.1) is 25.3 Å². The number of carbonyl (C=O) groups is 1. The highest BCUT2D eigenvalue weighted by Crippen LogP contribution is 2.29. The molecule has 0 bridgehead atoms. The highest BCUT2D eigenvalue weighted by molar-refractivity contribution is 5.69. The summed E-state index contributed by atoms with van der Waals surface area (Å²) >= 11 is 0. The van der Waals surface area contributed by atoms with Gasteiger partial charge >= 0.3 is 6.09 Å². The number of nitriles is 1. The Hall–Kier alpha value is -3.18. The summed E-state index contributed by atoms with van der Waals surface area (Å²) in [5, 5.41) is 9.05. The molecule has 2 aromatic heterocycles. The van der Waals surface area contributed by atoms with Crippen molar-refractivity contribution in [2.75, 3.05) is 31.1 Å². The normalized spacial score (nSPS) is 21.1. The number of rotatable bonds is 2. The third-order valence-electron chi connectivity index (χ3n) is 5.20. The van der Waals surface area contributed by atoms with Crippen LogP contribution < -0.4 is 4.90 Å². The summed E-state index contributed by atoms with van der Waals surface area (Å²) in [4.78, 5) is 25.1. The predicted molar refractivity (Wildman–Crippen MR) is 111 cm³/mol. The van der Waals surface area contributed by atoms with Gasteiger partial charge in [-0.05, 0) is 50.6 Å². The van der Waals surface area contributed by atoms with Crippen molar-refractivity contribution in [3.05, 3.63) is 42.4 Å². The lowest BCUT2D eigenvalue weighted by molar-refractivity contribution is 0.0162. The highest BCUT2D eigenvalue weighted by Gasteiger charge is 2.43. The SMILES string of the molecule is CC(C)(C)OC(=O)N1C[C@H]2OCCN(c3ccc(-c4ccnc(C#N)c4)cn3)[C@H]2C1. The first-order chi connectivity index (χ1) is 14.3. The van der Waals surface area contributed by atoms with Crippen LogP contribution in [0.1, 0.15) is 26.5 Å². The van der Waals surface area contributed by atoms with E-state index in [1.165, 1.54) is 0 Å². The first kappa shape index (κ1) is 20.1. The van der Waals surface area contributed by atoms with Crippen molar-refractivity contribution >= 4 is 11.9 Å². The number of anilines is 1. The summed E-state index contributed by atoms with van der Waals surface area (Å²) in [6.45, 7) is 7.95. The van der Waals surface area contributed by atoms with Crippen molar-refractivity contribution in [1.29, 1.82) is 5.26 Å². The number of nitrogens with zero attached hydrogens (tertiary/aromatic N) is 5. The van der Waals surface area contributed by atoms with Gasteiger partial charge < -0.3 is 19.3 Å². The van der Waals surface area contributed by atoms with E-state index >= 15 is 0 Å². The van der Waals surface area contributed by atoms with E-state index in [1.807, 2.05) is 39.0 Å². The van der Waals surface area contributed by atoms with Crippen LogP contribution in [0.15, 0.2) is 36.7 Å². The molecule has 2 aliphatic heterocycles. The molecule has 1 amide bonds. The van der Waals surface area contributed by atoms with Crippen molar-refractivity contribution in [2.45, 2.75) is 38.5 Å². The summed E-state index contributed by atoms with van der Waals surface area (Å²) in [5.41, 5.74) is 1.67. The number of fused-ring (bicyclic) bond motifs is 1. The number of hydrogen-bond acceptors (Lipinski definition) is 7. The fourth-order valence-corrected chi connectivity index (χ4v) is 3.85. The second-order valence-corrected chi connectivity index (χ2v) is 8.50. The minimum atomic E-state index is -0.527.